The minimum Gasteiger partial charge on any atom is -0.462 e. The lowest BCUT2D eigenvalue weighted by molar-refractivity contribution is 0.0506. The molecule has 0 atom stereocenters. The predicted octanol–water partition coefficient (Wildman–Crippen LogP) is 4.38. The summed E-state index contributed by atoms with van der Waals surface area (Å²) in [5, 5.41) is 7.65. The Bertz CT molecular complexity index is 1200. The maximum Gasteiger partial charge on any atom is 0.341 e. The van der Waals surface area contributed by atoms with Crippen molar-refractivity contribution in [2.45, 2.75) is 34.1 Å². The van der Waals surface area contributed by atoms with Crippen LogP contribution in [0.1, 0.15) is 60.7 Å². The van der Waals surface area contributed by atoms with Crippen LogP contribution in [0.2, 0.25) is 0 Å². The number of benzene rings is 1. The number of esters is 1. The van der Waals surface area contributed by atoms with E-state index in [0.29, 0.717) is 33.8 Å². The van der Waals surface area contributed by atoms with Crippen molar-refractivity contribution in [2.75, 3.05) is 26.0 Å². The number of rotatable bonds is 7. The summed E-state index contributed by atoms with van der Waals surface area (Å²) < 4.78 is 7.03. The summed E-state index contributed by atoms with van der Waals surface area (Å²) in [4.78, 5) is 40.6. The van der Waals surface area contributed by atoms with Gasteiger partial charge in [-0.05, 0) is 44.9 Å². The maximum absolute atomic E-state index is 13.3. The minimum absolute atomic E-state index is 0.206. The van der Waals surface area contributed by atoms with Crippen LogP contribution in [0, 0.1) is 20.8 Å². The van der Waals surface area contributed by atoms with Gasteiger partial charge in [0.05, 0.1) is 39.7 Å². The number of nitrogens with zero attached hydrogens (tertiary/aromatic N) is 3. The van der Waals surface area contributed by atoms with E-state index in [0.717, 1.165) is 17.0 Å². The number of aromatic nitrogens is 2. The van der Waals surface area contributed by atoms with E-state index in [1.807, 2.05) is 44.2 Å². The van der Waals surface area contributed by atoms with Crippen LogP contribution >= 0.6 is 11.3 Å². The molecule has 2 heterocycles. The molecule has 0 spiro atoms. The Labute approximate surface area is 197 Å². The van der Waals surface area contributed by atoms with E-state index in [1.54, 1.807) is 32.6 Å². The van der Waals surface area contributed by atoms with E-state index in [-0.39, 0.29) is 23.1 Å². The first-order valence-electron chi connectivity index (χ1n) is 10.6. The summed E-state index contributed by atoms with van der Waals surface area (Å²) in [5.41, 5.74) is 3.18. The number of ether oxygens (including phenoxy) is 1. The van der Waals surface area contributed by atoms with Gasteiger partial charge in [-0.25, -0.2) is 9.48 Å². The number of thiophene rings is 1. The van der Waals surface area contributed by atoms with Crippen LogP contribution < -0.4 is 5.32 Å². The molecule has 9 heteroatoms. The van der Waals surface area contributed by atoms with Crippen LogP contribution in [0.4, 0.5) is 5.00 Å². The third-order valence-electron chi connectivity index (χ3n) is 5.13. The molecule has 1 N–H and O–H groups in total. The number of carbonyl (C=O) groups is 3. The summed E-state index contributed by atoms with van der Waals surface area (Å²) in [6.45, 7) is 7.42. The second kappa shape index (κ2) is 9.99. The van der Waals surface area contributed by atoms with E-state index in [9.17, 15) is 14.4 Å². The lowest BCUT2D eigenvalue weighted by atomic mass is 10.1. The first-order valence-corrected chi connectivity index (χ1v) is 11.4. The van der Waals surface area contributed by atoms with Gasteiger partial charge in [0.15, 0.2) is 0 Å². The highest BCUT2D eigenvalue weighted by atomic mass is 32.1. The molecular formula is C24H28N4O4S. The van der Waals surface area contributed by atoms with Crippen LogP contribution in [0.25, 0.3) is 5.69 Å². The quantitative estimate of drug-likeness (QED) is 0.520. The molecule has 2 amide bonds. The highest BCUT2D eigenvalue weighted by Crippen LogP contribution is 2.35. The first-order chi connectivity index (χ1) is 15.7. The van der Waals surface area contributed by atoms with Crippen molar-refractivity contribution in [1.29, 1.82) is 0 Å². The summed E-state index contributed by atoms with van der Waals surface area (Å²) in [7, 11) is 3.28. The number of aryl methyl sites for hydroxylation is 1. The molecule has 0 aliphatic heterocycles. The van der Waals surface area contributed by atoms with Crippen LogP contribution in [-0.4, -0.2) is 53.2 Å². The SMILES string of the molecule is CCCOC(=O)c1c(NC(=O)c2c(C)nn(-c3ccccc3)c2C)sc(C(=O)N(C)C)c1C. The van der Waals surface area contributed by atoms with Crippen LogP contribution in [0.15, 0.2) is 30.3 Å². The molecule has 1 aromatic carbocycles. The second-order valence-electron chi connectivity index (χ2n) is 7.84. The average Bonchev–Trinajstić information content (AvgIpc) is 3.27. The molecule has 0 bridgehead atoms. The smallest absolute Gasteiger partial charge is 0.341 e. The Hall–Kier alpha value is -3.46. The molecule has 3 aromatic rings. The van der Waals surface area contributed by atoms with Gasteiger partial charge in [-0.3, -0.25) is 9.59 Å². The Morgan fingerprint density at radius 3 is 2.36 bits per heavy atom. The lowest BCUT2D eigenvalue weighted by Crippen LogP contribution is -2.21. The van der Waals surface area contributed by atoms with Gasteiger partial charge in [0.1, 0.15) is 5.00 Å². The van der Waals surface area contributed by atoms with Gasteiger partial charge in [0.25, 0.3) is 11.8 Å². The molecular weight excluding hydrogens is 440 g/mol. The van der Waals surface area contributed by atoms with Gasteiger partial charge >= 0.3 is 5.97 Å². The molecule has 0 aliphatic carbocycles. The number of nitrogens with one attached hydrogen (secondary N) is 1. The number of para-hydroxylation sites is 1. The van der Waals surface area contributed by atoms with E-state index in [4.69, 9.17) is 4.74 Å². The number of amides is 2. The van der Waals surface area contributed by atoms with E-state index < -0.39 is 11.9 Å². The van der Waals surface area contributed by atoms with Crippen molar-refractivity contribution in [2.24, 2.45) is 0 Å². The zero-order chi connectivity index (χ0) is 24.3. The van der Waals surface area contributed by atoms with Crippen molar-refractivity contribution in [1.82, 2.24) is 14.7 Å². The molecule has 8 nitrogen and oxygen atoms in total. The van der Waals surface area contributed by atoms with Crippen molar-refractivity contribution in [3.05, 3.63) is 63.3 Å². The molecule has 0 saturated heterocycles. The molecule has 0 aliphatic rings. The summed E-state index contributed by atoms with van der Waals surface area (Å²) in [5.74, 6) is -1.21. The van der Waals surface area contributed by atoms with Gasteiger partial charge in [0, 0.05) is 14.1 Å². The predicted molar refractivity (Wildman–Crippen MR) is 129 cm³/mol. The highest BCUT2D eigenvalue weighted by molar-refractivity contribution is 7.18. The second-order valence-corrected chi connectivity index (χ2v) is 8.86. The van der Waals surface area contributed by atoms with Gasteiger partial charge < -0.3 is 15.0 Å². The van der Waals surface area contributed by atoms with E-state index >= 15 is 0 Å². The number of hydrogen-bond donors (Lipinski definition) is 1. The molecule has 3 rings (SSSR count). The minimum atomic E-state index is -0.563. The van der Waals surface area contributed by atoms with Crippen molar-refractivity contribution < 1.29 is 19.1 Å². The molecule has 2 aromatic heterocycles. The lowest BCUT2D eigenvalue weighted by Gasteiger charge is -2.09. The fourth-order valence-corrected chi connectivity index (χ4v) is 4.69. The summed E-state index contributed by atoms with van der Waals surface area (Å²) in [6, 6.07) is 9.53. The number of carbonyl (C=O) groups excluding carboxylic acids is 3. The van der Waals surface area contributed by atoms with E-state index in [2.05, 4.69) is 10.4 Å². The van der Waals surface area contributed by atoms with Crippen molar-refractivity contribution in [3.63, 3.8) is 0 Å². The van der Waals surface area contributed by atoms with Crippen LogP contribution in [0.5, 0.6) is 0 Å². The summed E-state index contributed by atoms with van der Waals surface area (Å²) in [6.07, 6.45) is 0.664. The number of anilines is 1. The molecule has 0 unspecified atom stereocenters. The van der Waals surface area contributed by atoms with Crippen molar-refractivity contribution >= 4 is 34.1 Å². The first kappa shape index (κ1) is 24.2. The third kappa shape index (κ3) is 4.83. The monoisotopic (exact) mass is 468 g/mol. The fraction of sp³-hybridized carbons (Fsp3) is 0.333. The highest BCUT2D eigenvalue weighted by Gasteiger charge is 2.29. The summed E-state index contributed by atoms with van der Waals surface area (Å²) >= 11 is 1.07. The zero-order valence-corrected chi connectivity index (χ0v) is 20.5. The van der Waals surface area contributed by atoms with Gasteiger partial charge in [-0.2, -0.15) is 5.10 Å². The standard InChI is InChI=1S/C24H28N4O4S/c1-7-13-32-24(31)18-14(2)20(23(30)27(5)6)33-22(18)25-21(29)19-15(3)26-28(16(19)4)17-11-9-8-10-12-17/h8-12H,7,13H2,1-6H3,(H,25,29). The van der Waals surface area contributed by atoms with Gasteiger partial charge in [-0.15, -0.1) is 11.3 Å². The topological polar surface area (TPSA) is 93.5 Å². The Kier molecular flexibility index (Phi) is 7.33. The fourth-order valence-electron chi connectivity index (χ4n) is 3.48. The maximum atomic E-state index is 13.3. The van der Waals surface area contributed by atoms with E-state index in [1.165, 1.54) is 4.90 Å². The van der Waals surface area contributed by atoms with Gasteiger partial charge in [-0.1, -0.05) is 25.1 Å². The number of hydrogen-bond acceptors (Lipinski definition) is 6. The molecule has 33 heavy (non-hydrogen) atoms. The normalized spacial score (nSPS) is 10.7. The van der Waals surface area contributed by atoms with Crippen molar-refractivity contribution in [3.8, 4) is 5.69 Å². The Morgan fingerprint density at radius 2 is 1.76 bits per heavy atom. The largest absolute Gasteiger partial charge is 0.462 e. The Morgan fingerprint density at radius 1 is 1.09 bits per heavy atom. The van der Waals surface area contributed by atoms with Crippen LogP contribution in [-0.2, 0) is 4.74 Å². The molecule has 174 valence electrons. The van der Waals surface area contributed by atoms with Crippen LogP contribution in [0.3, 0.4) is 0 Å². The third-order valence-corrected chi connectivity index (χ3v) is 6.33. The molecule has 0 saturated carbocycles. The molecule has 0 fully saturated rings. The molecule has 0 radical (unpaired) electrons. The average molecular weight is 469 g/mol. The zero-order valence-electron chi connectivity index (χ0n) is 19.7. The Balaban J connectivity index is 2.01. The van der Waals surface area contributed by atoms with Gasteiger partial charge in [0.2, 0.25) is 0 Å².